The molecule has 2 aromatic carbocycles. The Morgan fingerprint density at radius 2 is 1.74 bits per heavy atom. The van der Waals surface area contributed by atoms with Crippen LogP contribution in [0.1, 0.15) is 13.8 Å². The standard InChI is InChI=1S/C13H18N3O2P/c1-13(2,16-19(14,15)17)18-12-8-7-10-5-3-4-6-11(10)9-12/h3-9H,1-2H3,(H5,14,15,16,17). The number of rotatable bonds is 4. The highest BCUT2D eigenvalue weighted by atomic mass is 31.2. The molecule has 0 unspecified atom stereocenters. The zero-order chi connectivity index (χ0) is 14.1. The summed E-state index contributed by atoms with van der Waals surface area (Å²) in [6, 6.07) is 13.7. The van der Waals surface area contributed by atoms with E-state index in [0.717, 1.165) is 10.8 Å². The van der Waals surface area contributed by atoms with Crippen LogP contribution >= 0.6 is 7.59 Å². The van der Waals surface area contributed by atoms with Crippen molar-refractivity contribution in [2.75, 3.05) is 0 Å². The molecule has 0 fully saturated rings. The predicted octanol–water partition coefficient (Wildman–Crippen LogP) is 2.57. The summed E-state index contributed by atoms with van der Waals surface area (Å²) in [5.41, 5.74) is 9.70. The van der Waals surface area contributed by atoms with Crippen molar-refractivity contribution in [3.05, 3.63) is 42.5 Å². The largest absolute Gasteiger partial charge is 0.473 e. The van der Waals surface area contributed by atoms with Crippen molar-refractivity contribution in [1.29, 1.82) is 0 Å². The summed E-state index contributed by atoms with van der Waals surface area (Å²) in [5, 5.41) is 4.78. The second-order valence-corrected chi connectivity index (χ2v) is 6.58. The highest BCUT2D eigenvalue weighted by Crippen LogP contribution is 2.28. The second-order valence-electron chi connectivity index (χ2n) is 4.94. The quantitative estimate of drug-likeness (QED) is 0.591. The van der Waals surface area contributed by atoms with E-state index in [9.17, 15) is 4.57 Å². The minimum atomic E-state index is -3.35. The Kier molecular flexibility index (Phi) is 3.65. The van der Waals surface area contributed by atoms with Gasteiger partial charge in [-0.25, -0.2) is 5.09 Å². The molecular formula is C13H18N3O2P. The molecule has 6 heteroatoms. The zero-order valence-electron chi connectivity index (χ0n) is 11.0. The molecule has 0 radical (unpaired) electrons. The van der Waals surface area contributed by atoms with Gasteiger partial charge in [0.1, 0.15) is 5.75 Å². The second kappa shape index (κ2) is 4.94. The fourth-order valence-corrected chi connectivity index (χ4v) is 2.86. The highest BCUT2D eigenvalue weighted by Gasteiger charge is 2.26. The summed E-state index contributed by atoms with van der Waals surface area (Å²) in [7, 11) is -3.35. The van der Waals surface area contributed by atoms with E-state index in [1.54, 1.807) is 13.8 Å². The first-order valence-electron chi connectivity index (χ1n) is 5.90. The molecule has 5 nitrogen and oxygen atoms in total. The van der Waals surface area contributed by atoms with Crippen molar-refractivity contribution >= 4 is 18.4 Å². The summed E-state index contributed by atoms with van der Waals surface area (Å²) >= 11 is 0. The summed E-state index contributed by atoms with van der Waals surface area (Å²) in [6.45, 7) is 3.43. The lowest BCUT2D eigenvalue weighted by molar-refractivity contribution is 0.0969. The van der Waals surface area contributed by atoms with Crippen molar-refractivity contribution < 1.29 is 9.30 Å². The maximum absolute atomic E-state index is 11.4. The maximum atomic E-state index is 11.4. The SMILES string of the molecule is CC(C)(NP(N)(N)=O)Oc1ccc2ccccc2c1. The summed E-state index contributed by atoms with van der Waals surface area (Å²) in [4.78, 5) is 0. The number of nitrogens with one attached hydrogen (secondary N) is 1. The Balaban J connectivity index is 2.23. The molecule has 0 aliphatic rings. The molecule has 0 spiro atoms. The molecule has 0 aliphatic heterocycles. The molecule has 2 aromatic rings. The van der Waals surface area contributed by atoms with Crippen LogP contribution in [0.2, 0.25) is 0 Å². The Morgan fingerprint density at radius 1 is 1.11 bits per heavy atom. The lowest BCUT2D eigenvalue weighted by Crippen LogP contribution is -2.45. The molecule has 102 valence electrons. The minimum Gasteiger partial charge on any atom is -0.473 e. The maximum Gasteiger partial charge on any atom is 0.276 e. The smallest absolute Gasteiger partial charge is 0.276 e. The van der Waals surface area contributed by atoms with Gasteiger partial charge in [0.15, 0.2) is 5.72 Å². The predicted molar refractivity (Wildman–Crippen MR) is 77.8 cm³/mol. The Hall–Kier alpha value is -1.39. The first-order valence-corrected chi connectivity index (χ1v) is 7.74. The van der Waals surface area contributed by atoms with Gasteiger partial charge in [-0.05, 0) is 36.8 Å². The summed E-state index contributed by atoms with van der Waals surface area (Å²) < 4.78 is 17.1. The number of hydrogen-bond donors (Lipinski definition) is 3. The van der Waals surface area contributed by atoms with Crippen molar-refractivity contribution in [3.8, 4) is 5.75 Å². The van der Waals surface area contributed by atoms with Crippen molar-refractivity contribution in [3.63, 3.8) is 0 Å². The molecule has 2 rings (SSSR count). The van der Waals surface area contributed by atoms with Gasteiger partial charge < -0.3 is 4.74 Å². The molecule has 19 heavy (non-hydrogen) atoms. The van der Waals surface area contributed by atoms with E-state index < -0.39 is 13.3 Å². The number of nitrogens with two attached hydrogens (primary N) is 2. The minimum absolute atomic E-state index is 0.657. The fourth-order valence-electron chi connectivity index (χ4n) is 1.97. The molecule has 5 N–H and O–H groups in total. The Labute approximate surface area is 112 Å². The van der Waals surface area contributed by atoms with E-state index in [1.165, 1.54) is 0 Å². The van der Waals surface area contributed by atoms with Crippen LogP contribution in [0.3, 0.4) is 0 Å². The first kappa shape index (κ1) is 14.0. The van der Waals surface area contributed by atoms with E-state index >= 15 is 0 Å². The van der Waals surface area contributed by atoms with Gasteiger partial charge in [-0.2, -0.15) is 0 Å². The van der Waals surface area contributed by atoms with Gasteiger partial charge in [0, 0.05) is 0 Å². The van der Waals surface area contributed by atoms with Crippen LogP contribution in [-0.4, -0.2) is 5.72 Å². The van der Waals surface area contributed by atoms with Gasteiger partial charge >= 0.3 is 0 Å². The summed E-state index contributed by atoms with van der Waals surface area (Å²) in [6.07, 6.45) is 0. The Morgan fingerprint density at radius 3 is 2.37 bits per heavy atom. The number of fused-ring (bicyclic) bond motifs is 1. The van der Waals surface area contributed by atoms with Crippen LogP contribution in [0, 0.1) is 0 Å². The van der Waals surface area contributed by atoms with Gasteiger partial charge in [-0.15, -0.1) is 0 Å². The number of hydrogen-bond acceptors (Lipinski definition) is 2. The number of ether oxygens (including phenoxy) is 1. The van der Waals surface area contributed by atoms with Gasteiger partial charge in [-0.1, -0.05) is 30.3 Å². The van der Waals surface area contributed by atoms with Crippen LogP contribution in [0.25, 0.3) is 10.8 Å². The average Bonchev–Trinajstić information content (AvgIpc) is 2.24. The van der Waals surface area contributed by atoms with Crippen molar-refractivity contribution in [1.82, 2.24) is 5.09 Å². The monoisotopic (exact) mass is 279 g/mol. The van der Waals surface area contributed by atoms with Crippen LogP contribution in [0.15, 0.2) is 42.5 Å². The van der Waals surface area contributed by atoms with Gasteiger partial charge in [0.05, 0.1) is 0 Å². The summed E-state index contributed by atoms with van der Waals surface area (Å²) in [5.74, 6) is 0.657. The van der Waals surface area contributed by atoms with Crippen molar-refractivity contribution in [2.45, 2.75) is 19.6 Å². The molecule has 0 bridgehead atoms. The van der Waals surface area contributed by atoms with Crippen LogP contribution in [-0.2, 0) is 4.57 Å². The van der Waals surface area contributed by atoms with Crippen molar-refractivity contribution in [2.24, 2.45) is 11.0 Å². The third-order valence-electron chi connectivity index (χ3n) is 2.54. The molecule has 0 atom stereocenters. The molecule has 0 saturated heterocycles. The normalized spacial score (nSPS) is 12.6. The molecule has 0 aromatic heterocycles. The highest BCUT2D eigenvalue weighted by molar-refractivity contribution is 7.56. The molecular weight excluding hydrogens is 261 g/mol. The average molecular weight is 279 g/mol. The van der Waals surface area contributed by atoms with Gasteiger partial charge in [0.2, 0.25) is 0 Å². The Bertz CT molecular complexity index is 637. The molecule has 0 aliphatic carbocycles. The van der Waals surface area contributed by atoms with E-state index in [1.807, 2.05) is 42.5 Å². The van der Waals surface area contributed by atoms with E-state index in [-0.39, 0.29) is 0 Å². The van der Waals surface area contributed by atoms with Gasteiger partial charge in [0.25, 0.3) is 7.59 Å². The molecule has 0 saturated carbocycles. The van der Waals surface area contributed by atoms with Crippen LogP contribution in [0.4, 0.5) is 0 Å². The fraction of sp³-hybridized carbons (Fsp3) is 0.231. The van der Waals surface area contributed by atoms with Gasteiger partial charge in [-0.3, -0.25) is 15.6 Å². The number of benzene rings is 2. The van der Waals surface area contributed by atoms with Crippen LogP contribution in [0.5, 0.6) is 5.75 Å². The van der Waals surface area contributed by atoms with E-state index in [0.29, 0.717) is 5.75 Å². The molecule has 0 amide bonds. The lowest BCUT2D eigenvalue weighted by Gasteiger charge is -2.29. The molecule has 0 heterocycles. The third kappa shape index (κ3) is 4.04. The van der Waals surface area contributed by atoms with E-state index in [2.05, 4.69) is 5.09 Å². The zero-order valence-corrected chi connectivity index (χ0v) is 11.9. The first-order chi connectivity index (χ1) is 8.75. The topological polar surface area (TPSA) is 90.4 Å². The third-order valence-corrected chi connectivity index (χ3v) is 3.43. The lowest BCUT2D eigenvalue weighted by atomic mass is 10.1. The van der Waals surface area contributed by atoms with E-state index in [4.69, 9.17) is 15.7 Å². The van der Waals surface area contributed by atoms with Crippen LogP contribution < -0.4 is 20.8 Å².